The van der Waals surface area contributed by atoms with Crippen LogP contribution < -0.4 is 10.6 Å². The number of nitrogens with zero attached hydrogens (tertiary/aromatic N) is 1. The second-order valence-electron chi connectivity index (χ2n) is 3.51. The molecule has 16 heavy (non-hydrogen) atoms. The molecule has 0 saturated carbocycles. The van der Waals surface area contributed by atoms with Crippen LogP contribution in [-0.2, 0) is 4.79 Å². The number of halogens is 1. The number of aromatic nitrogens is 1. The summed E-state index contributed by atoms with van der Waals surface area (Å²) in [7, 11) is 0. The molecule has 0 spiro atoms. The molecule has 4 nitrogen and oxygen atoms in total. The number of carbonyl (C=O) groups excluding carboxylic acids is 1. The number of nitrogens with one attached hydrogen (secondary N) is 2. The maximum atomic E-state index is 11.6. The summed E-state index contributed by atoms with van der Waals surface area (Å²) in [6, 6.07) is 1.57. The minimum atomic E-state index is -0.259. The maximum absolute atomic E-state index is 11.6. The Hall–Kier alpha value is -1.10. The van der Waals surface area contributed by atoms with E-state index < -0.39 is 0 Å². The average Bonchev–Trinajstić information content (AvgIpc) is 2.28. The average molecular weight is 286 g/mol. The first kappa shape index (κ1) is 13.0. The van der Waals surface area contributed by atoms with Crippen LogP contribution >= 0.6 is 15.9 Å². The lowest BCUT2D eigenvalue weighted by Gasteiger charge is -2.15. The molecule has 0 aliphatic heterocycles. The van der Waals surface area contributed by atoms with Crippen molar-refractivity contribution in [1.29, 1.82) is 0 Å². The standard InChI is InChI=1S/C11H16BrN3O/c1-3-5-14-11(16)8(2)15-10-4-6-13-7-9(10)12/h4,6-8H,3,5H2,1-2H3,(H,13,15)(H,14,16). The monoisotopic (exact) mass is 285 g/mol. The Morgan fingerprint density at radius 2 is 2.38 bits per heavy atom. The number of amides is 1. The maximum Gasteiger partial charge on any atom is 0.242 e. The van der Waals surface area contributed by atoms with Crippen LogP contribution in [0.5, 0.6) is 0 Å². The smallest absolute Gasteiger partial charge is 0.242 e. The van der Waals surface area contributed by atoms with Gasteiger partial charge in [0.25, 0.3) is 0 Å². The molecule has 0 saturated heterocycles. The largest absolute Gasteiger partial charge is 0.373 e. The van der Waals surface area contributed by atoms with Gasteiger partial charge in [-0.1, -0.05) is 6.92 Å². The highest BCUT2D eigenvalue weighted by Crippen LogP contribution is 2.20. The van der Waals surface area contributed by atoms with Gasteiger partial charge in [-0.15, -0.1) is 0 Å². The third-order valence-electron chi connectivity index (χ3n) is 2.09. The highest BCUT2D eigenvalue weighted by Gasteiger charge is 2.12. The number of carbonyl (C=O) groups is 1. The Morgan fingerprint density at radius 3 is 3.00 bits per heavy atom. The lowest BCUT2D eigenvalue weighted by atomic mass is 10.3. The molecule has 2 N–H and O–H groups in total. The van der Waals surface area contributed by atoms with Crippen molar-refractivity contribution in [2.75, 3.05) is 11.9 Å². The molecule has 0 fully saturated rings. The van der Waals surface area contributed by atoms with Crippen molar-refractivity contribution in [3.8, 4) is 0 Å². The van der Waals surface area contributed by atoms with E-state index in [0.717, 1.165) is 16.6 Å². The van der Waals surface area contributed by atoms with Gasteiger partial charge in [-0.2, -0.15) is 0 Å². The van der Waals surface area contributed by atoms with E-state index in [0.29, 0.717) is 6.54 Å². The summed E-state index contributed by atoms with van der Waals surface area (Å²) in [6.07, 6.45) is 4.32. The van der Waals surface area contributed by atoms with Gasteiger partial charge in [0.2, 0.25) is 5.91 Å². The van der Waals surface area contributed by atoms with Gasteiger partial charge in [-0.25, -0.2) is 0 Å². The summed E-state index contributed by atoms with van der Waals surface area (Å²) in [5, 5.41) is 5.96. The summed E-state index contributed by atoms with van der Waals surface area (Å²) in [6.45, 7) is 4.57. The molecule has 1 aromatic rings. The van der Waals surface area contributed by atoms with Crippen molar-refractivity contribution in [2.24, 2.45) is 0 Å². The van der Waals surface area contributed by atoms with E-state index in [-0.39, 0.29) is 11.9 Å². The van der Waals surface area contributed by atoms with Crippen molar-refractivity contribution in [3.05, 3.63) is 22.9 Å². The molecule has 1 atom stereocenters. The van der Waals surface area contributed by atoms with E-state index in [4.69, 9.17) is 0 Å². The van der Waals surface area contributed by atoms with E-state index in [1.807, 2.05) is 19.9 Å². The van der Waals surface area contributed by atoms with Crippen molar-refractivity contribution < 1.29 is 4.79 Å². The van der Waals surface area contributed by atoms with Crippen LogP contribution in [0.4, 0.5) is 5.69 Å². The predicted molar refractivity (Wildman–Crippen MR) is 68.3 cm³/mol. The van der Waals surface area contributed by atoms with Crippen molar-refractivity contribution in [1.82, 2.24) is 10.3 Å². The Balaban J connectivity index is 2.54. The minimum absolute atomic E-state index is 0.00515. The highest BCUT2D eigenvalue weighted by molar-refractivity contribution is 9.10. The quantitative estimate of drug-likeness (QED) is 0.872. The second kappa shape index (κ2) is 6.48. The van der Waals surface area contributed by atoms with Crippen molar-refractivity contribution in [2.45, 2.75) is 26.3 Å². The van der Waals surface area contributed by atoms with Crippen LogP contribution in [0.1, 0.15) is 20.3 Å². The van der Waals surface area contributed by atoms with Crippen LogP contribution in [-0.4, -0.2) is 23.5 Å². The highest BCUT2D eigenvalue weighted by atomic mass is 79.9. The van der Waals surface area contributed by atoms with Crippen molar-refractivity contribution >= 4 is 27.5 Å². The van der Waals surface area contributed by atoms with Gasteiger partial charge in [0.15, 0.2) is 0 Å². The molecule has 1 aromatic heterocycles. The topological polar surface area (TPSA) is 54.0 Å². The molecule has 0 aromatic carbocycles. The lowest BCUT2D eigenvalue weighted by Crippen LogP contribution is -2.37. The van der Waals surface area contributed by atoms with Gasteiger partial charge in [0, 0.05) is 18.9 Å². The van der Waals surface area contributed by atoms with Crippen LogP contribution in [0.3, 0.4) is 0 Å². The van der Waals surface area contributed by atoms with Gasteiger partial charge >= 0.3 is 0 Å². The second-order valence-corrected chi connectivity index (χ2v) is 4.37. The van der Waals surface area contributed by atoms with Gasteiger partial charge in [-0.05, 0) is 35.3 Å². The molecule has 1 heterocycles. The third kappa shape index (κ3) is 3.81. The molecular weight excluding hydrogens is 270 g/mol. The molecule has 0 aliphatic carbocycles. The molecular formula is C11H16BrN3O. The Kier molecular flexibility index (Phi) is 5.25. The lowest BCUT2D eigenvalue weighted by molar-refractivity contribution is -0.121. The van der Waals surface area contributed by atoms with Gasteiger partial charge in [-0.3, -0.25) is 9.78 Å². The first-order valence-electron chi connectivity index (χ1n) is 5.29. The molecule has 1 rings (SSSR count). The molecule has 88 valence electrons. The molecule has 5 heteroatoms. The number of hydrogen-bond acceptors (Lipinski definition) is 3. The van der Waals surface area contributed by atoms with E-state index >= 15 is 0 Å². The number of pyridine rings is 1. The molecule has 0 aliphatic rings. The summed E-state index contributed by atoms with van der Waals surface area (Å²) in [4.78, 5) is 15.6. The Bertz CT molecular complexity index is 357. The molecule has 0 radical (unpaired) electrons. The zero-order valence-electron chi connectivity index (χ0n) is 9.46. The zero-order valence-corrected chi connectivity index (χ0v) is 11.0. The van der Waals surface area contributed by atoms with E-state index in [1.54, 1.807) is 12.4 Å². The van der Waals surface area contributed by atoms with Crippen LogP contribution in [0.2, 0.25) is 0 Å². The Labute approximate surface area is 104 Å². The van der Waals surface area contributed by atoms with Gasteiger partial charge in [0.05, 0.1) is 10.2 Å². The minimum Gasteiger partial charge on any atom is -0.373 e. The summed E-state index contributed by atoms with van der Waals surface area (Å²) in [5.41, 5.74) is 0.870. The fourth-order valence-corrected chi connectivity index (χ4v) is 1.56. The summed E-state index contributed by atoms with van der Waals surface area (Å²) < 4.78 is 0.852. The number of anilines is 1. The molecule has 1 amide bonds. The normalized spacial score (nSPS) is 11.9. The molecule has 1 unspecified atom stereocenters. The predicted octanol–water partition coefficient (Wildman–Crippen LogP) is 2.17. The first-order valence-corrected chi connectivity index (χ1v) is 6.08. The SMILES string of the molecule is CCCNC(=O)C(C)Nc1ccncc1Br. The molecule has 0 bridgehead atoms. The van der Waals surface area contributed by atoms with Gasteiger partial charge < -0.3 is 10.6 Å². The Morgan fingerprint density at radius 1 is 1.62 bits per heavy atom. The van der Waals surface area contributed by atoms with Gasteiger partial charge in [0.1, 0.15) is 6.04 Å². The van der Waals surface area contributed by atoms with Crippen LogP contribution in [0, 0.1) is 0 Å². The fraction of sp³-hybridized carbons (Fsp3) is 0.455. The zero-order chi connectivity index (χ0) is 12.0. The number of rotatable bonds is 5. The van der Waals surface area contributed by atoms with E-state index in [2.05, 4.69) is 31.5 Å². The summed E-state index contributed by atoms with van der Waals surface area (Å²) in [5.74, 6) is 0.00515. The third-order valence-corrected chi connectivity index (χ3v) is 2.72. The van der Waals surface area contributed by atoms with E-state index in [1.165, 1.54) is 0 Å². The van der Waals surface area contributed by atoms with E-state index in [9.17, 15) is 4.79 Å². The van der Waals surface area contributed by atoms with Crippen molar-refractivity contribution in [3.63, 3.8) is 0 Å². The van der Waals surface area contributed by atoms with Crippen LogP contribution in [0.15, 0.2) is 22.9 Å². The number of hydrogen-bond donors (Lipinski definition) is 2. The summed E-state index contributed by atoms with van der Waals surface area (Å²) >= 11 is 3.37. The van der Waals surface area contributed by atoms with Crippen LogP contribution in [0.25, 0.3) is 0 Å². The fourth-order valence-electron chi connectivity index (χ4n) is 1.19. The first-order chi connectivity index (χ1) is 7.65.